The maximum atomic E-state index is 12.6. The Balaban J connectivity index is 1.81. The minimum atomic E-state index is -0.583. The SMILES string of the molecule is COc1cc(/C=C(\C#N)C(=O)Nc2ccc(Cl)c(Cl)c2)c(Br)cc1OCc1ccc(I)cc1. The maximum Gasteiger partial charge on any atom is 0.266 e. The van der Waals surface area contributed by atoms with Gasteiger partial charge < -0.3 is 14.8 Å². The monoisotopic (exact) mass is 656 g/mol. The number of halogens is 4. The number of amides is 1. The number of ether oxygens (including phenoxy) is 2. The van der Waals surface area contributed by atoms with Crippen LogP contribution in [0.2, 0.25) is 10.0 Å². The van der Waals surface area contributed by atoms with E-state index in [1.165, 1.54) is 19.3 Å². The molecule has 0 spiro atoms. The summed E-state index contributed by atoms with van der Waals surface area (Å²) in [5.74, 6) is 0.414. The Labute approximate surface area is 223 Å². The standard InChI is InChI=1S/C24H16BrCl2IN2O3/c1-32-22-9-15(19(25)11-23(22)33-13-14-2-4-17(28)5-3-14)8-16(12-29)24(31)30-18-6-7-20(26)21(27)10-18/h2-11H,13H2,1H3,(H,30,31)/b16-8+. The molecule has 168 valence electrons. The van der Waals surface area contributed by atoms with Crippen molar-refractivity contribution in [3.05, 3.63) is 89.4 Å². The highest BCUT2D eigenvalue weighted by Gasteiger charge is 2.14. The number of rotatable bonds is 7. The summed E-state index contributed by atoms with van der Waals surface area (Å²) < 4.78 is 13.2. The molecule has 0 atom stereocenters. The van der Waals surface area contributed by atoms with Crippen LogP contribution in [0, 0.1) is 14.9 Å². The van der Waals surface area contributed by atoms with Crippen LogP contribution in [0.3, 0.4) is 0 Å². The number of carbonyl (C=O) groups is 1. The summed E-state index contributed by atoms with van der Waals surface area (Å²) in [6, 6.07) is 18.0. The van der Waals surface area contributed by atoms with Gasteiger partial charge in [0.2, 0.25) is 0 Å². The van der Waals surface area contributed by atoms with Gasteiger partial charge in [-0.2, -0.15) is 5.26 Å². The molecule has 3 aromatic rings. The van der Waals surface area contributed by atoms with Gasteiger partial charge in [-0.15, -0.1) is 0 Å². The van der Waals surface area contributed by atoms with Gasteiger partial charge in [0.15, 0.2) is 11.5 Å². The lowest BCUT2D eigenvalue weighted by atomic mass is 10.1. The van der Waals surface area contributed by atoms with Crippen LogP contribution >= 0.6 is 61.7 Å². The van der Waals surface area contributed by atoms with E-state index in [4.69, 9.17) is 32.7 Å². The Bertz CT molecular complexity index is 1260. The van der Waals surface area contributed by atoms with Gasteiger partial charge in [0.25, 0.3) is 5.91 Å². The van der Waals surface area contributed by atoms with E-state index < -0.39 is 5.91 Å². The molecule has 33 heavy (non-hydrogen) atoms. The number of anilines is 1. The van der Waals surface area contributed by atoms with Gasteiger partial charge in [0.1, 0.15) is 18.2 Å². The van der Waals surface area contributed by atoms with E-state index in [1.807, 2.05) is 30.3 Å². The number of hydrogen-bond donors (Lipinski definition) is 1. The number of hydrogen-bond acceptors (Lipinski definition) is 4. The molecule has 0 saturated heterocycles. The van der Waals surface area contributed by atoms with Gasteiger partial charge in [-0.25, -0.2) is 0 Å². The third-order valence-electron chi connectivity index (χ3n) is 4.43. The van der Waals surface area contributed by atoms with Crippen LogP contribution in [-0.4, -0.2) is 13.0 Å². The number of benzene rings is 3. The molecule has 0 aliphatic heterocycles. The first-order valence-electron chi connectivity index (χ1n) is 9.43. The van der Waals surface area contributed by atoms with E-state index in [0.717, 1.165) is 9.13 Å². The van der Waals surface area contributed by atoms with Crippen molar-refractivity contribution in [1.82, 2.24) is 0 Å². The Morgan fingerprint density at radius 1 is 1.12 bits per heavy atom. The molecular formula is C24H16BrCl2IN2O3. The van der Waals surface area contributed by atoms with Crippen molar-refractivity contribution in [2.75, 3.05) is 12.4 Å². The van der Waals surface area contributed by atoms with Crippen LogP contribution in [0.1, 0.15) is 11.1 Å². The van der Waals surface area contributed by atoms with Crippen LogP contribution in [0.5, 0.6) is 11.5 Å². The molecule has 1 amide bonds. The highest BCUT2D eigenvalue weighted by molar-refractivity contribution is 14.1. The molecular weight excluding hydrogens is 642 g/mol. The topological polar surface area (TPSA) is 71.3 Å². The fourth-order valence-corrected chi connectivity index (χ4v) is 3.85. The van der Waals surface area contributed by atoms with Gasteiger partial charge in [-0.1, -0.05) is 51.3 Å². The van der Waals surface area contributed by atoms with Crippen molar-refractivity contribution in [3.63, 3.8) is 0 Å². The highest BCUT2D eigenvalue weighted by Crippen LogP contribution is 2.35. The minimum Gasteiger partial charge on any atom is -0.493 e. The van der Waals surface area contributed by atoms with Gasteiger partial charge in [0.05, 0.1) is 17.2 Å². The quantitative estimate of drug-likeness (QED) is 0.162. The fraction of sp³-hybridized carbons (Fsp3) is 0.0833. The maximum absolute atomic E-state index is 12.6. The zero-order valence-electron chi connectivity index (χ0n) is 17.2. The summed E-state index contributed by atoms with van der Waals surface area (Å²) >= 11 is 17.6. The van der Waals surface area contributed by atoms with Crippen molar-refractivity contribution in [1.29, 1.82) is 5.26 Å². The molecule has 1 N–H and O–H groups in total. The Morgan fingerprint density at radius 2 is 1.85 bits per heavy atom. The minimum absolute atomic E-state index is 0.101. The molecule has 0 heterocycles. The van der Waals surface area contributed by atoms with Crippen molar-refractivity contribution in [2.45, 2.75) is 6.61 Å². The first kappa shape index (κ1) is 25.4. The second kappa shape index (κ2) is 11.7. The smallest absolute Gasteiger partial charge is 0.266 e. The Hall–Kier alpha value is -2.25. The number of nitriles is 1. The van der Waals surface area contributed by atoms with Crippen LogP contribution in [0.15, 0.2) is 64.6 Å². The summed E-state index contributed by atoms with van der Waals surface area (Å²) in [7, 11) is 1.52. The number of methoxy groups -OCH3 is 1. The summed E-state index contributed by atoms with van der Waals surface area (Å²) in [4.78, 5) is 12.6. The van der Waals surface area contributed by atoms with Crippen LogP contribution in [-0.2, 0) is 11.4 Å². The average molecular weight is 658 g/mol. The summed E-state index contributed by atoms with van der Waals surface area (Å²) in [5, 5.41) is 12.8. The fourth-order valence-electron chi connectivity index (χ4n) is 2.75. The number of nitrogens with zero attached hydrogens (tertiary/aromatic N) is 1. The molecule has 0 unspecified atom stereocenters. The van der Waals surface area contributed by atoms with Crippen molar-refractivity contribution in [2.24, 2.45) is 0 Å². The van der Waals surface area contributed by atoms with E-state index >= 15 is 0 Å². The van der Waals surface area contributed by atoms with E-state index in [2.05, 4.69) is 43.8 Å². The molecule has 3 aromatic carbocycles. The summed E-state index contributed by atoms with van der Waals surface area (Å²) in [6.07, 6.45) is 1.46. The van der Waals surface area contributed by atoms with E-state index in [9.17, 15) is 10.1 Å². The average Bonchev–Trinajstić information content (AvgIpc) is 2.80. The normalized spacial score (nSPS) is 11.0. The van der Waals surface area contributed by atoms with Crippen molar-refractivity contribution < 1.29 is 14.3 Å². The lowest BCUT2D eigenvalue weighted by Gasteiger charge is -2.13. The Kier molecular flexibility index (Phi) is 9.03. The lowest BCUT2D eigenvalue weighted by Crippen LogP contribution is -2.13. The zero-order chi connectivity index (χ0) is 24.0. The van der Waals surface area contributed by atoms with Crippen molar-refractivity contribution >= 4 is 79.4 Å². The predicted octanol–water partition coefficient (Wildman–Crippen LogP) is 7.49. The van der Waals surface area contributed by atoms with Crippen LogP contribution in [0.4, 0.5) is 5.69 Å². The van der Waals surface area contributed by atoms with Gasteiger partial charge in [-0.3, -0.25) is 4.79 Å². The first-order chi connectivity index (χ1) is 15.8. The molecule has 0 aliphatic rings. The van der Waals surface area contributed by atoms with E-state index in [1.54, 1.807) is 24.3 Å². The summed E-state index contributed by atoms with van der Waals surface area (Å²) in [6.45, 7) is 0.365. The Morgan fingerprint density at radius 3 is 2.48 bits per heavy atom. The van der Waals surface area contributed by atoms with Gasteiger partial charge in [0, 0.05) is 13.7 Å². The predicted molar refractivity (Wildman–Crippen MR) is 143 cm³/mol. The molecule has 9 heteroatoms. The zero-order valence-corrected chi connectivity index (χ0v) is 22.4. The third-order valence-corrected chi connectivity index (χ3v) is 6.58. The molecule has 0 radical (unpaired) electrons. The summed E-state index contributed by atoms with van der Waals surface area (Å²) in [5.41, 5.74) is 1.92. The molecule has 0 aromatic heterocycles. The highest BCUT2D eigenvalue weighted by atomic mass is 127. The lowest BCUT2D eigenvalue weighted by molar-refractivity contribution is -0.112. The third kappa shape index (κ3) is 6.87. The second-order valence-electron chi connectivity index (χ2n) is 6.69. The van der Waals surface area contributed by atoms with Crippen molar-refractivity contribution in [3.8, 4) is 17.6 Å². The molecule has 3 rings (SSSR count). The van der Waals surface area contributed by atoms with Crippen LogP contribution < -0.4 is 14.8 Å². The van der Waals surface area contributed by atoms with Gasteiger partial charge in [-0.05, 0) is 82.3 Å². The first-order valence-corrected chi connectivity index (χ1v) is 12.1. The molecule has 0 bridgehead atoms. The molecule has 0 aliphatic carbocycles. The number of nitrogens with one attached hydrogen (secondary N) is 1. The van der Waals surface area contributed by atoms with E-state index in [-0.39, 0.29) is 5.57 Å². The van der Waals surface area contributed by atoms with Gasteiger partial charge >= 0.3 is 0 Å². The molecule has 0 fully saturated rings. The largest absolute Gasteiger partial charge is 0.493 e. The van der Waals surface area contributed by atoms with Crippen LogP contribution in [0.25, 0.3) is 6.08 Å². The second-order valence-corrected chi connectivity index (χ2v) is 9.61. The molecule has 5 nitrogen and oxygen atoms in total. The number of carbonyl (C=O) groups excluding carboxylic acids is 1. The molecule has 0 saturated carbocycles. The van der Waals surface area contributed by atoms with E-state index in [0.29, 0.717) is 43.9 Å².